The van der Waals surface area contributed by atoms with Gasteiger partial charge in [-0.1, -0.05) is 12.1 Å². The maximum absolute atomic E-state index is 13.5. The highest BCUT2D eigenvalue weighted by molar-refractivity contribution is 5.92. The summed E-state index contributed by atoms with van der Waals surface area (Å²) < 4.78 is 34.0. The molecule has 0 radical (unpaired) electrons. The maximum Gasteiger partial charge on any atom is 0.343 e. The normalized spacial score (nSPS) is 10.0. The van der Waals surface area contributed by atoms with Crippen molar-refractivity contribution < 1.29 is 28.1 Å². The Balaban J connectivity index is 2.36. The number of hydrogen-bond acceptors (Lipinski definition) is 5. The van der Waals surface area contributed by atoms with Gasteiger partial charge in [0.25, 0.3) is 0 Å². The van der Waals surface area contributed by atoms with E-state index in [1.54, 1.807) is 6.07 Å². The van der Waals surface area contributed by atoms with Crippen molar-refractivity contribution in [2.45, 2.75) is 0 Å². The average molecular weight is 306 g/mol. The van der Waals surface area contributed by atoms with Crippen molar-refractivity contribution in [3.8, 4) is 23.0 Å². The molecule has 0 fully saturated rings. The van der Waals surface area contributed by atoms with Crippen LogP contribution in [-0.2, 0) is 0 Å². The van der Waals surface area contributed by atoms with Gasteiger partial charge in [-0.2, -0.15) is 0 Å². The molecule has 0 aromatic heterocycles. The predicted octanol–water partition coefficient (Wildman–Crippen LogP) is 3.07. The van der Waals surface area contributed by atoms with Gasteiger partial charge in [0, 0.05) is 0 Å². The minimum Gasteiger partial charge on any atom is -0.493 e. The fourth-order valence-electron chi connectivity index (χ4n) is 1.89. The number of ether oxygens (including phenoxy) is 4. The Hall–Kier alpha value is -2.76. The third-order valence-electron chi connectivity index (χ3n) is 2.94. The molecule has 5 nitrogen and oxygen atoms in total. The minimum absolute atomic E-state index is 0.151. The van der Waals surface area contributed by atoms with E-state index in [-0.39, 0.29) is 11.3 Å². The minimum atomic E-state index is -0.732. The number of rotatable bonds is 5. The predicted molar refractivity (Wildman–Crippen MR) is 77.5 cm³/mol. The summed E-state index contributed by atoms with van der Waals surface area (Å²) in [5.74, 6) is -0.536. The van der Waals surface area contributed by atoms with E-state index in [2.05, 4.69) is 0 Å². The Kier molecular flexibility index (Phi) is 4.83. The van der Waals surface area contributed by atoms with Gasteiger partial charge in [0.1, 0.15) is 0 Å². The average Bonchev–Trinajstić information content (AvgIpc) is 2.55. The van der Waals surface area contributed by atoms with Crippen LogP contribution in [0, 0.1) is 5.82 Å². The van der Waals surface area contributed by atoms with Crippen molar-refractivity contribution in [2.24, 2.45) is 0 Å². The number of methoxy groups -OCH3 is 3. The van der Waals surface area contributed by atoms with Gasteiger partial charge in [0.15, 0.2) is 23.1 Å². The Morgan fingerprint density at radius 3 is 2.00 bits per heavy atom. The molecule has 22 heavy (non-hydrogen) atoms. The third-order valence-corrected chi connectivity index (χ3v) is 2.94. The molecule has 116 valence electrons. The topological polar surface area (TPSA) is 54.0 Å². The lowest BCUT2D eigenvalue weighted by Crippen LogP contribution is -2.10. The molecule has 0 aliphatic rings. The first kappa shape index (κ1) is 15.6. The SMILES string of the molecule is COc1cc(C(=O)Oc2ccccc2F)cc(OC)c1OC. The van der Waals surface area contributed by atoms with Crippen LogP contribution in [0.4, 0.5) is 4.39 Å². The summed E-state index contributed by atoms with van der Waals surface area (Å²) in [5, 5.41) is 0. The van der Waals surface area contributed by atoms with E-state index in [9.17, 15) is 9.18 Å². The molecule has 0 aliphatic carbocycles. The molecule has 0 heterocycles. The monoisotopic (exact) mass is 306 g/mol. The van der Waals surface area contributed by atoms with Crippen LogP contribution in [0.1, 0.15) is 10.4 Å². The van der Waals surface area contributed by atoms with E-state index in [4.69, 9.17) is 18.9 Å². The van der Waals surface area contributed by atoms with Gasteiger partial charge in [-0.3, -0.25) is 0 Å². The molecule has 2 aromatic carbocycles. The number of esters is 1. The van der Waals surface area contributed by atoms with Crippen LogP contribution in [0.2, 0.25) is 0 Å². The van der Waals surface area contributed by atoms with Gasteiger partial charge in [-0.15, -0.1) is 0 Å². The first-order valence-electron chi connectivity index (χ1n) is 6.37. The molecular weight excluding hydrogens is 291 g/mol. The van der Waals surface area contributed by atoms with Crippen molar-refractivity contribution in [1.82, 2.24) is 0 Å². The van der Waals surface area contributed by atoms with Crippen LogP contribution >= 0.6 is 0 Å². The van der Waals surface area contributed by atoms with Gasteiger partial charge < -0.3 is 18.9 Å². The van der Waals surface area contributed by atoms with Crippen molar-refractivity contribution in [3.05, 3.63) is 47.8 Å². The number of halogens is 1. The zero-order chi connectivity index (χ0) is 16.1. The molecule has 0 saturated heterocycles. The van der Waals surface area contributed by atoms with E-state index in [0.29, 0.717) is 17.2 Å². The molecule has 2 rings (SSSR count). The van der Waals surface area contributed by atoms with Crippen molar-refractivity contribution in [1.29, 1.82) is 0 Å². The molecule has 0 saturated carbocycles. The molecule has 0 amide bonds. The highest BCUT2D eigenvalue weighted by atomic mass is 19.1. The fraction of sp³-hybridized carbons (Fsp3) is 0.188. The fourth-order valence-corrected chi connectivity index (χ4v) is 1.89. The van der Waals surface area contributed by atoms with Crippen LogP contribution in [0.3, 0.4) is 0 Å². The maximum atomic E-state index is 13.5. The molecule has 0 unspecified atom stereocenters. The molecule has 0 spiro atoms. The molecule has 0 atom stereocenters. The van der Waals surface area contributed by atoms with E-state index in [1.165, 1.54) is 51.7 Å². The van der Waals surface area contributed by atoms with E-state index in [0.717, 1.165) is 0 Å². The molecular formula is C16H15FO5. The summed E-state index contributed by atoms with van der Waals surface area (Å²) in [7, 11) is 4.32. The third kappa shape index (κ3) is 3.11. The highest BCUT2D eigenvalue weighted by Gasteiger charge is 2.19. The molecule has 6 heteroatoms. The van der Waals surface area contributed by atoms with Gasteiger partial charge in [-0.25, -0.2) is 9.18 Å². The van der Waals surface area contributed by atoms with Crippen molar-refractivity contribution >= 4 is 5.97 Å². The lowest BCUT2D eigenvalue weighted by atomic mass is 10.2. The lowest BCUT2D eigenvalue weighted by molar-refractivity contribution is 0.0727. The first-order chi connectivity index (χ1) is 10.6. The van der Waals surface area contributed by atoms with Gasteiger partial charge >= 0.3 is 5.97 Å². The Morgan fingerprint density at radius 1 is 0.909 bits per heavy atom. The Morgan fingerprint density at radius 2 is 1.50 bits per heavy atom. The highest BCUT2D eigenvalue weighted by Crippen LogP contribution is 2.38. The summed E-state index contributed by atoms with van der Waals surface area (Å²) in [4.78, 5) is 12.2. The summed E-state index contributed by atoms with van der Waals surface area (Å²) in [6, 6.07) is 8.52. The number of hydrogen-bond donors (Lipinski definition) is 0. The molecule has 0 aliphatic heterocycles. The first-order valence-corrected chi connectivity index (χ1v) is 6.37. The largest absolute Gasteiger partial charge is 0.493 e. The van der Waals surface area contributed by atoms with Gasteiger partial charge in [0.05, 0.1) is 26.9 Å². The van der Waals surface area contributed by atoms with E-state index in [1.807, 2.05) is 0 Å². The Bertz CT molecular complexity index is 659. The van der Waals surface area contributed by atoms with Crippen LogP contribution in [0.15, 0.2) is 36.4 Å². The summed E-state index contributed by atoms with van der Waals surface area (Å²) in [5.41, 5.74) is 0.151. The zero-order valence-corrected chi connectivity index (χ0v) is 12.4. The lowest BCUT2D eigenvalue weighted by Gasteiger charge is -2.13. The van der Waals surface area contributed by atoms with Gasteiger partial charge in [-0.05, 0) is 24.3 Å². The van der Waals surface area contributed by atoms with Crippen LogP contribution in [0.25, 0.3) is 0 Å². The second-order valence-electron chi connectivity index (χ2n) is 4.23. The summed E-state index contributed by atoms with van der Waals surface area (Å²) in [6.07, 6.45) is 0. The number of carbonyl (C=O) groups is 1. The number of para-hydroxylation sites is 1. The Labute approximate surface area is 127 Å². The number of carbonyl (C=O) groups excluding carboxylic acids is 1. The second-order valence-corrected chi connectivity index (χ2v) is 4.23. The van der Waals surface area contributed by atoms with Crippen molar-refractivity contribution in [2.75, 3.05) is 21.3 Å². The van der Waals surface area contributed by atoms with Crippen molar-refractivity contribution in [3.63, 3.8) is 0 Å². The number of benzene rings is 2. The quantitative estimate of drug-likeness (QED) is 0.627. The van der Waals surface area contributed by atoms with E-state index >= 15 is 0 Å². The smallest absolute Gasteiger partial charge is 0.343 e. The zero-order valence-electron chi connectivity index (χ0n) is 12.4. The van der Waals surface area contributed by atoms with Crippen LogP contribution in [-0.4, -0.2) is 27.3 Å². The van der Waals surface area contributed by atoms with Gasteiger partial charge in [0.2, 0.25) is 5.75 Å². The van der Waals surface area contributed by atoms with Crippen LogP contribution < -0.4 is 18.9 Å². The summed E-state index contributed by atoms with van der Waals surface area (Å²) >= 11 is 0. The molecule has 0 N–H and O–H groups in total. The summed E-state index contributed by atoms with van der Waals surface area (Å²) in [6.45, 7) is 0. The molecule has 2 aromatic rings. The standard InChI is InChI=1S/C16H15FO5/c1-19-13-8-10(9-14(20-2)15(13)21-3)16(18)22-12-7-5-4-6-11(12)17/h4-9H,1-3H3. The van der Waals surface area contributed by atoms with Crippen LogP contribution in [0.5, 0.6) is 23.0 Å². The van der Waals surface area contributed by atoms with E-state index < -0.39 is 11.8 Å². The second kappa shape index (κ2) is 6.80. The molecule has 0 bridgehead atoms.